The molecule has 0 bridgehead atoms. The van der Waals surface area contributed by atoms with Crippen molar-refractivity contribution in [2.24, 2.45) is 0 Å². The maximum atomic E-state index is 12.1. The molecule has 3 N–H and O–H groups in total. The van der Waals surface area contributed by atoms with Crippen molar-refractivity contribution in [2.75, 3.05) is 6.54 Å². The molecule has 0 aliphatic rings. The van der Waals surface area contributed by atoms with Crippen LogP contribution in [-0.2, 0) is 0 Å². The number of carbonyl (C=O) groups is 1. The third-order valence-electron chi connectivity index (χ3n) is 3.79. The van der Waals surface area contributed by atoms with Gasteiger partial charge in [-0.25, -0.2) is 0 Å². The van der Waals surface area contributed by atoms with Crippen molar-refractivity contribution in [3.63, 3.8) is 0 Å². The molecule has 1 amide bonds. The quantitative estimate of drug-likeness (QED) is 0.763. The lowest BCUT2D eigenvalue weighted by Crippen LogP contribution is -2.42. The number of hydrogen-bond acceptors (Lipinski definition) is 3. The molecule has 2 aromatic rings. The van der Waals surface area contributed by atoms with Crippen molar-refractivity contribution in [2.45, 2.75) is 32.3 Å². The minimum absolute atomic E-state index is 0.235. The monoisotopic (exact) mass is 287 g/mol. The second-order valence-electron chi connectivity index (χ2n) is 5.15. The molecule has 0 spiro atoms. The number of hydrogen-bond donors (Lipinski definition) is 3. The summed E-state index contributed by atoms with van der Waals surface area (Å²) < 4.78 is 0. The highest BCUT2D eigenvalue weighted by Crippen LogP contribution is 2.17. The summed E-state index contributed by atoms with van der Waals surface area (Å²) in [5, 5.41) is 19.8. The van der Waals surface area contributed by atoms with Crippen molar-refractivity contribution in [1.29, 1.82) is 0 Å². The molecule has 0 unspecified atom stereocenters. The summed E-state index contributed by atoms with van der Waals surface area (Å²) >= 11 is 0. The van der Waals surface area contributed by atoms with Gasteiger partial charge in [-0.1, -0.05) is 44.2 Å². The van der Waals surface area contributed by atoms with Crippen LogP contribution in [0.2, 0.25) is 0 Å². The molecule has 1 aromatic carbocycles. The van der Waals surface area contributed by atoms with Gasteiger partial charge in [-0.2, -0.15) is 5.10 Å². The summed E-state index contributed by atoms with van der Waals surface area (Å²) in [5.41, 5.74) is 1.22. The summed E-state index contributed by atoms with van der Waals surface area (Å²) in [6.45, 7) is 4.04. The van der Waals surface area contributed by atoms with Gasteiger partial charge in [-0.15, -0.1) is 0 Å². The highest BCUT2D eigenvalue weighted by atomic mass is 16.3. The normalized spacial score (nSPS) is 11.4. The topological polar surface area (TPSA) is 78.0 Å². The highest BCUT2D eigenvalue weighted by molar-refractivity contribution is 5.93. The number of aromatic amines is 1. The van der Waals surface area contributed by atoms with Crippen LogP contribution in [0.25, 0.3) is 11.3 Å². The zero-order chi connectivity index (χ0) is 15.3. The Morgan fingerprint density at radius 2 is 1.95 bits per heavy atom. The van der Waals surface area contributed by atoms with E-state index in [1.807, 2.05) is 44.2 Å². The van der Waals surface area contributed by atoms with Crippen molar-refractivity contribution < 1.29 is 9.90 Å². The van der Waals surface area contributed by atoms with E-state index in [-0.39, 0.29) is 12.5 Å². The van der Waals surface area contributed by atoms with Crippen LogP contribution in [0.1, 0.15) is 37.2 Å². The van der Waals surface area contributed by atoms with Gasteiger partial charge in [0.25, 0.3) is 5.91 Å². The van der Waals surface area contributed by atoms with E-state index in [0.717, 1.165) is 11.3 Å². The lowest BCUT2D eigenvalue weighted by Gasteiger charge is -2.25. The van der Waals surface area contributed by atoms with E-state index < -0.39 is 5.60 Å². The molecule has 5 heteroatoms. The predicted octanol–water partition coefficient (Wildman–Crippen LogP) is 2.36. The largest absolute Gasteiger partial charge is 0.388 e. The van der Waals surface area contributed by atoms with Gasteiger partial charge in [0.15, 0.2) is 0 Å². The Kier molecular flexibility index (Phi) is 4.75. The smallest absolute Gasteiger partial charge is 0.269 e. The van der Waals surface area contributed by atoms with Crippen LogP contribution in [-0.4, -0.2) is 33.4 Å². The molecule has 1 heterocycles. The van der Waals surface area contributed by atoms with E-state index in [1.54, 1.807) is 6.07 Å². The average Bonchev–Trinajstić information content (AvgIpc) is 3.03. The standard InChI is InChI=1S/C16H21N3O2/c1-3-16(21,4-2)11-17-15(20)14-10-13(18-19-14)12-8-6-5-7-9-12/h5-10,21H,3-4,11H2,1-2H3,(H,17,20)(H,18,19). The third-order valence-corrected chi connectivity index (χ3v) is 3.79. The number of rotatable bonds is 6. The maximum absolute atomic E-state index is 12.1. The molecular formula is C16H21N3O2. The van der Waals surface area contributed by atoms with Gasteiger partial charge >= 0.3 is 0 Å². The fourth-order valence-corrected chi connectivity index (χ4v) is 2.03. The first-order valence-corrected chi connectivity index (χ1v) is 7.19. The SMILES string of the molecule is CCC(O)(CC)CNC(=O)c1cc(-c2ccccc2)n[nH]1. The van der Waals surface area contributed by atoms with Gasteiger partial charge in [0.05, 0.1) is 11.3 Å². The Bertz CT molecular complexity index is 589. The summed E-state index contributed by atoms with van der Waals surface area (Å²) in [4.78, 5) is 12.1. The first-order valence-electron chi connectivity index (χ1n) is 7.19. The van der Waals surface area contributed by atoms with E-state index in [4.69, 9.17) is 0 Å². The van der Waals surface area contributed by atoms with Crippen LogP contribution in [0.3, 0.4) is 0 Å². The first-order chi connectivity index (χ1) is 10.1. The number of aromatic nitrogens is 2. The van der Waals surface area contributed by atoms with E-state index in [0.29, 0.717) is 18.5 Å². The molecule has 1 aromatic heterocycles. The number of nitrogens with one attached hydrogen (secondary N) is 2. The number of carbonyl (C=O) groups excluding carboxylic acids is 1. The van der Waals surface area contributed by atoms with Gasteiger partial charge < -0.3 is 10.4 Å². The van der Waals surface area contributed by atoms with Crippen molar-refractivity contribution >= 4 is 5.91 Å². The van der Waals surface area contributed by atoms with Crippen LogP contribution >= 0.6 is 0 Å². The molecule has 0 aliphatic heterocycles. The molecule has 0 fully saturated rings. The molecule has 0 radical (unpaired) electrons. The Hall–Kier alpha value is -2.14. The molecule has 0 saturated carbocycles. The minimum atomic E-state index is -0.849. The van der Waals surface area contributed by atoms with Gasteiger partial charge in [0, 0.05) is 12.1 Å². The van der Waals surface area contributed by atoms with Crippen molar-refractivity contribution in [3.05, 3.63) is 42.1 Å². The highest BCUT2D eigenvalue weighted by Gasteiger charge is 2.23. The van der Waals surface area contributed by atoms with Crippen LogP contribution < -0.4 is 5.32 Å². The molecule has 0 aliphatic carbocycles. The summed E-state index contributed by atoms with van der Waals surface area (Å²) in [5.74, 6) is -0.259. The van der Waals surface area contributed by atoms with Crippen LogP contribution in [0.5, 0.6) is 0 Å². The lowest BCUT2D eigenvalue weighted by atomic mass is 9.97. The molecule has 0 atom stereocenters. The fourth-order valence-electron chi connectivity index (χ4n) is 2.03. The molecule has 2 rings (SSSR count). The van der Waals surface area contributed by atoms with E-state index >= 15 is 0 Å². The van der Waals surface area contributed by atoms with E-state index in [1.165, 1.54) is 0 Å². The van der Waals surface area contributed by atoms with E-state index in [9.17, 15) is 9.90 Å². The van der Waals surface area contributed by atoms with Crippen LogP contribution in [0, 0.1) is 0 Å². The van der Waals surface area contributed by atoms with Gasteiger partial charge in [-0.05, 0) is 18.9 Å². The maximum Gasteiger partial charge on any atom is 0.269 e. The summed E-state index contributed by atoms with van der Waals surface area (Å²) in [7, 11) is 0. The number of nitrogens with zero attached hydrogens (tertiary/aromatic N) is 1. The molecule has 0 saturated heterocycles. The number of benzene rings is 1. The van der Waals surface area contributed by atoms with E-state index in [2.05, 4.69) is 15.5 Å². The molecule has 112 valence electrons. The predicted molar refractivity (Wildman–Crippen MR) is 81.9 cm³/mol. The second kappa shape index (κ2) is 6.54. The average molecular weight is 287 g/mol. The number of H-pyrrole nitrogens is 1. The fraction of sp³-hybridized carbons (Fsp3) is 0.375. The Labute approximate surface area is 124 Å². The van der Waals surface area contributed by atoms with Crippen LogP contribution in [0.4, 0.5) is 0 Å². The summed E-state index contributed by atoms with van der Waals surface area (Å²) in [6, 6.07) is 11.4. The summed E-state index contributed by atoms with van der Waals surface area (Å²) in [6.07, 6.45) is 1.20. The zero-order valence-electron chi connectivity index (χ0n) is 12.4. The molecule has 5 nitrogen and oxygen atoms in total. The number of aliphatic hydroxyl groups is 1. The first kappa shape index (κ1) is 15.3. The second-order valence-corrected chi connectivity index (χ2v) is 5.15. The van der Waals surface area contributed by atoms with Crippen LogP contribution in [0.15, 0.2) is 36.4 Å². The zero-order valence-corrected chi connectivity index (χ0v) is 12.4. The van der Waals surface area contributed by atoms with Gasteiger partial charge in [0.2, 0.25) is 0 Å². The van der Waals surface area contributed by atoms with Crippen molar-refractivity contribution in [1.82, 2.24) is 15.5 Å². The lowest BCUT2D eigenvalue weighted by molar-refractivity contribution is 0.0313. The third kappa shape index (κ3) is 3.70. The molecular weight excluding hydrogens is 266 g/mol. The van der Waals surface area contributed by atoms with Gasteiger partial charge in [-0.3, -0.25) is 9.89 Å². The van der Waals surface area contributed by atoms with Crippen molar-refractivity contribution in [3.8, 4) is 11.3 Å². The Morgan fingerprint density at radius 3 is 2.57 bits per heavy atom. The molecule has 21 heavy (non-hydrogen) atoms. The van der Waals surface area contributed by atoms with Gasteiger partial charge in [0.1, 0.15) is 5.69 Å². The number of amides is 1. The Balaban J connectivity index is 2.03. The Morgan fingerprint density at radius 1 is 1.29 bits per heavy atom. The minimum Gasteiger partial charge on any atom is -0.388 e.